The van der Waals surface area contributed by atoms with Crippen molar-refractivity contribution in [2.45, 2.75) is 32.5 Å². The monoisotopic (exact) mass is 593 g/mol. The van der Waals surface area contributed by atoms with Gasteiger partial charge in [-0.1, -0.05) is 60.7 Å². The summed E-state index contributed by atoms with van der Waals surface area (Å²) in [5, 5.41) is 3.69. The Morgan fingerprint density at radius 2 is 1.56 bits per heavy atom. The first-order valence-electron chi connectivity index (χ1n) is 13.2. The molecule has 1 N–H and O–H groups in total. The van der Waals surface area contributed by atoms with E-state index in [2.05, 4.69) is 10.3 Å². The third kappa shape index (κ3) is 6.97. The summed E-state index contributed by atoms with van der Waals surface area (Å²) >= 11 is 0. The minimum absolute atomic E-state index is 0.0404. The average molecular weight is 594 g/mol. The molecule has 2 heterocycles. The van der Waals surface area contributed by atoms with E-state index in [9.17, 15) is 22.8 Å². The van der Waals surface area contributed by atoms with Crippen molar-refractivity contribution in [2.75, 3.05) is 17.0 Å². The first-order chi connectivity index (χ1) is 20.7. The molecule has 0 aliphatic carbocycles. The number of nitrogens with one attached hydrogen (secondary N) is 1. The number of ether oxygens (including phenoxy) is 3. The number of pyridine rings is 1. The van der Waals surface area contributed by atoms with Gasteiger partial charge in [0.15, 0.2) is 12.0 Å². The highest BCUT2D eigenvalue weighted by Crippen LogP contribution is 2.44. The van der Waals surface area contributed by atoms with E-state index in [0.717, 1.165) is 16.2 Å². The Bertz CT molecular complexity index is 1590. The van der Waals surface area contributed by atoms with Gasteiger partial charge in [-0.25, -0.2) is 14.6 Å². The minimum Gasteiger partial charge on any atom is -0.489 e. The molecule has 1 atom stereocenters. The van der Waals surface area contributed by atoms with Crippen LogP contribution in [0.2, 0.25) is 0 Å². The van der Waals surface area contributed by atoms with Gasteiger partial charge in [0.05, 0.1) is 12.2 Å². The number of halogens is 3. The summed E-state index contributed by atoms with van der Waals surface area (Å²) in [5.74, 6) is -2.43. The number of fused-ring (bicyclic) bond motifs is 1. The van der Waals surface area contributed by atoms with Gasteiger partial charge in [-0.3, -0.25) is 0 Å². The summed E-state index contributed by atoms with van der Waals surface area (Å²) in [5.41, 5.74) is 1.97. The third-order valence-electron chi connectivity index (χ3n) is 6.30. The van der Waals surface area contributed by atoms with Crippen LogP contribution in [0.1, 0.15) is 40.1 Å². The zero-order valence-corrected chi connectivity index (χ0v) is 22.8. The number of hydrogen-bond donors (Lipinski definition) is 1. The van der Waals surface area contributed by atoms with E-state index in [4.69, 9.17) is 19.0 Å². The van der Waals surface area contributed by atoms with E-state index >= 15 is 0 Å². The molecule has 9 nitrogen and oxygen atoms in total. The molecule has 222 valence electrons. The van der Waals surface area contributed by atoms with E-state index < -0.39 is 24.3 Å². The zero-order chi connectivity index (χ0) is 30.4. The molecule has 0 saturated carbocycles. The summed E-state index contributed by atoms with van der Waals surface area (Å²) in [6.07, 6.45) is -5.29. The standard InChI is InChI=1S/C31H26F3N3O6/c1-2-40-29(38)22-15-25-27(35-17-22)36-28(37(25)43-30(39)31(32,33)34)24-14-13-23(41-18-20-9-5-3-6-10-20)16-26(24)42-19-21-11-7-4-8-12-21/h3-17,28H,2,18-19H2,1H3,(H,35,36). The second kappa shape index (κ2) is 12.7. The number of carbonyl (C=O) groups is 2. The number of hydrogen-bond acceptors (Lipinski definition) is 9. The Kier molecular flexibility index (Phi) is 8.65. The number of anilines is 2. The van der Waals surface area contributed by atoms with Gasteiger partial charge < -0.3 is 24.4 Å². The second-order valence-electron chi connectivity index (χ2n) is 9.31. The molecule has 0 radical (unpaired) electrons. The maximum atomic E-state index is 13.3. The van der Waals surface area contributed by atoms with Crippen LogP contribution < -0.4 is 19.9 Å². The number of nitrogens with zero attached hydrogens (tertiary/aromatic N) is 2. The first kappa shape index (κ1) is 29.2. The maximum Gasteiger partial charge on any atom is 0.493 e. The molecule has 1 aliphatic heterocycles. The lowest BCUT2D eigenvalue weighted by Gasteiger charge is -2.27. The molecular weight excluding hydrogens is 567 g/mol. The van der Waals surface area contributed by atoms with Crippen LogP contribution in [0, 0.1) is 0 Å². The van der Waals surface area contributed by atoms with Crippen LogP contribution in [0.15, 0.2) is 91.1 Å². The van der Waals surface area contributed by atoms with Gasteiger partial charge in [-0.05, 0) is 36.2 Å². The quantitative estimate of drug-likeness (QED) is 0.210. The van der Waals surface area contributed by atoms with Gasteiger partial charge in [0, 0.05) is 17.8 Å². The normalized spacial score (nSPS) is 14.0. The molecule has 5 rings (SSSR count). The van der Waals surface area contributed by atoms with Crippen molar-refractivity contribution >= 4 is 23.4 Å². The Morgan fingerprint density at radius 3 is 2.19 bits per heavy atom. The van der Waals surface area contributed by atoms with Crippen LogP contribution in [0.4, 0.5) is 24.7 Å². The summed E-state index contributed by atoms with van der Waals surface area (Å²) < 4.78 is 57.1. The van der Waals surface area contributed by atoms with Crippen LogP contribution in [0.3, 0.4) is 0 Å². The number of hydroxylamine groups is 1. The lowest BCUT2D eigenvalue weighted by atomic mass is 10.1. The van der Waals surface area contributed by atoms with Crippen molar-refractivity contribution in [3.63, 3.8) is 0 Å². The molecule has 0 spiro atoms. The SMILES string of the molecule is CCOC(=O)c1cnc2c(c1)N(OC(=O)C(F)(F)F)C(c1ccc(OCc3ccccc3)cc1OCc1ccccc1)N2. The number of aromatic nitrogens is 1. The highest BCUT2D eigenvalue weighted by Gasteiger charge is 2.46. The fourth-order valence-corrected chi connectivity index (χ4v) is 4.26. The molecular formula is C31H26F3N3O6. The fourth-order valence-electron chi connectivity index (χ4n) is 4.26. The predicted octanol–water partition coefficient (Wildman–Crippen LogP) is 6.37. The highest BCUT2D eigenvalue weighted by atomic mass is 19.4. The van der Waals surface area contributed by atoms with Crippen molar-refractivity contribution in [3.05, 3.63) is 113 Å². The van der Waals surface area contributed by atoms with E-state index in [1.165, 1.54) is 12.3 Å². The molecule has 3 aromatic carbocycles. The molecule has 0 amide bonds. The van der Waals surface area contributed by atoms with Crippen molar-refractivity contribution in [1.29, 1.82) is 0 Å². The molecule has 4 aromatic rings. The molecule has 1 unspecified atom stereocenters. The number of alkyl halides is 3. The first-order valence-corrected chi connectivity index (χ1v) is 13.2. The Balaban J connectivity index is 1.51. The second-order valence-corrected chi connectivity index (χ2v) is 9.31. The van der Waals surface area contributed by atoms with Crippen LogP contribution in [0.25, 0.3) is 0 Å². The van der Waals surface area contributed by atoms with E-state index in [-0.39, 0.29) is 42.6 Å². The molecule has 0 fully saturated rings. The lowest BCUT2D eigenvalue weighted by Crippen LogP contribution is -2.37. The van der Waals surface area contributed by atoms with Gasteiger partial charge in [-0.15, -0.1) is 0 Å². The molecule has 0 bridgehead atoms. The van der Waals surface area contributed by atoms with Gasteiger partial charge in [0.25, 0.3) is 0 Å². The average Bonchev–Trinajstić information content (AvgIpc) is 3.36. The highest BCUT2D eigenvalue weighted by molar-refractivity contribution is 5.92. The van der Waals surface area contributed by atoms with Gasteiger partial charge in [0.1, 0.15) is 30.4 Å². The van der Waals surface area contributed by atoms with Gasteiger partial charge >= 0.3 is 18.1 Å². The van der Waals surface area contributed by atoms with Crippen molar-refractivity contribution in [2.24, 2.45) is 0 Å². The largest absolute Gasteiger partial charge is 0.493 e. The Labute approximate surface area is 244 Å². The van der Waals surface area contributed by atoms with E-state index in [1.807, 2.05) is 60.7 Å². The molecule has 1 aromatic heterocycles. The molecule has 12 heteroatoms. The Morgan fingerprint density at radius 1 is 0.907 bits per heavy atom. The number of esters is 1. The molecule has 0 saturated heterocycles. The topological polar surface area (TPSA) is 99.2 Å². The summed E-state index contributed by atoms with van der Waals surface area (Å²) in [7, 11) is 0. The molecule has 1 aliphatic rings. The van der Waals surface area contributed by atoms with Gasteiger partial charge in [-0.2, -0.15) is 18.2 Å². The van der Waals surface area contributed by atoms with Crippen molar-refractivity contribution in [1.82, 2.24) is 4.98 Å². The maximum absolute atomic E-state index is 13.3. The summed E-state index contributed by atoms with van der Waals surface area (Å²) in [4.78, 5) is 33.4. The van der Waals surface area contributed by atoms with E-state index in [0.29, 0.717) is 11.3 Å². The van der Waals surface area contributed by atoms with Crippen LogP contribution in [-0.2, 0) is 27.6 Å². The van der Waals surface area contributed by atoms with E-state index in [1.54, 1.807) is 25.1 Å². The summed E-state index contributed by atoms with van der Waals surface area (Å²) in [6, 6.07) is 24.8. The fraction of sp³-hybridized carbons (Fsp3) is 0.194. The smallest absolute Gasteiger partial charge is 0.489 e. The van der Waals surface area contributed by atoms with Crippen molar-refractivity contribution < 1.29 is 41.8 Å². The van der Waals surface area contributed by atoms with Crippen LogP contribution in [0.5, 0.6) is 11.5 Å². The van der Waals surface area contributed by atoms with Crippen LogP contribution >= 0.6 is 0 Å². The van der Waals surface area contributed by atoms with Crippen LogP contribution in [-0.4, -0.2) is 29.7 Å². The summed E-state index contributed by atoms with van der Waals surface area (Å²) in [6.45, 7) is 2.08. The number of carbonyl (C=O) groups excluding carboxylic acids is 2. The predicted molar refractivity (Wildman–Crippen MR) is 149 cm³/mol. The Hall–Kier alpha value is -5.26. The number of rotatable bonds is 10. The minimum atomic E-state index is -5.29. The number of benzene rings is 3. The molecule has 43 heavy (non-hydrogen) atoms. The van der Waals surface area contributed by atoms with Gasteiger partial charge in [0.2, 0.25) is 0 Å². The van der Waals surface area contributed by atoms with Crippen molar-refractivity contribution in [3.8, 4) is 11.5 Å². The zero-order valence-electron chi connectivity index (χ0n) is 22.8. The lowest BCUT2D eigenvalue weighted by molar-refractivity contribution is -0.201. The third-order valence-corrected chi connectivity index (χ3v) is 6.30.